The zero-order chi connectivity index (χ0) is 18.6. The van der Waals surface area contributed by atoms with Crippen molar-refractivity contribution in [1.29, 1.82) is 0 Å². The zero-order valence-corrected chi connectivity index (χ0v) is 16.1. The lowest BCUT2D eigenvalue weighted by atomic mass is 9.88. The molecule has 0 spiro atoms. The van der Waals surface area contributed by atoms with Gasteiger partial charge in [-0.2, -0.15) is 0 Å². The van der Waals surface area contributed by atoms with E-state index in [1.54, 1.807) is 6.33 Å². The Morgan fingerprint density at radius 1 is 1.22 bits per heavy atom. The predicted octanol–water partition coefficient (Wildman–Crippen LogP) is 3.86. The summed E-state index contributed by atoms with van der Waals surface area (Å²) < 4.78 is 1.93. The van der Waals surface area contributed by atoms with Crippen LogP contribution in [0.4, 0.5) is 0 Å². The molecule has 0 unspecified atom stereocenters. The minimum absolute atomic E-state index is 0.0287. The molecule has 0 fully saturated rings. The number of carbonyl (C=O) groups excluding carboxylic acids is 1. The SMILES string of the molecule is Cc1ccccc1-n1cnnc1SCC(=O)N[C@@H]1CCCc2ccccc21. The Morgan fingerprint density at radius 3 is 2.93 bits per heavy atom. The van der Waals surface area contributed by atoms with Crippen molar-refractivity contribution in [3.8, 4) is 5.69 Å². The number of para-hydroxylation sites is 1. The van der Waals surface area contributed by atoms with Gasteiger partial charge < -0.3 is 5.32 Å². The molecule has 6 heteroatoms. The number of nitrogens with zero attached hydrogens (tertiary/aromatic N) is 3. The van der Waals surface area contributed by atoms with Gasteiger partial charge in [0, 0.05) is 0 Å². The molecule has 1 aliphatic carbocycles. The summed E-state index contributed by atoms with van der Waals surface area (Å²) in [5, 5.41) is 12.1. The molecule has 4 rings (SSSR count). The molecule has 2 aromatic carbocycles. The van der Waals surface area contributed by atoms with E-state index < -0.39 is 0 Å². The molecule has 0 saturated carbocycles. The molecule has 0 aliphatic heterocycles. The van der Waals surface area contributed by atoms with Gasteiger partial charge in [0.15, 0.2) is 5.16 Å². The van der Waals surface area contributed by atoms with Crippen LogP contribution in [-0.2, 0) is 11.2 Å². The first-order valence-corrected chi connectivity index (χ1v) is 10.2. The van der Waals surface area contributed by atoms with Crippen LogP contribution in [0.3, 0.4) is 0 Å². The van der Waals surface area contributed by atoms with E-state index in [4.69, 9.17) is 0 Å². The molecular formula is C21H22N4OS. The smallest absolute Gasteiger partial charge is 0.230 e. The maximum absolute atomic E-state index is 12.5. The third kappa shape index (κ3) is 3.90. The first-order valence-electron chi connectivity index (χ1n) is 9.18. The molecule has 1 aliphatic rings. The van der Waals surface area contributed by atoms with E-state index in [1.165, 1.54) is 22.9 Å². The zero-order valence-electron chi connectivity index (χ0n) is 15.3. The Kier molecular flexibility index (Phi) is 5.25. The number of hydrogen-bond donors (Lipinski definition) is 1. The predicted molar refractivity (Wildman–Crippen MR) is 107 cm³/mol. The van der Waals surface area contributed by atoms with Gasteiger partial charge in [0.2, 0.25) is 5.91 Å². The lowest BCUT2D eigenvalue weighted by Gasteiger charge is -2.26. The Labute approximate surface area is 163 Å². The summed E-state index contributed by atoms with van der Waals surface area (Å²) in [7, 11) is 0. The highest BCUT2D eigenvalue weighted by molar-refractivity contribution is 7.99. The molecule has 0 saturated heterocycles. The van der Waals surface area contributed by atoms with E-state index in [0.29, 0.717) is 5.75 Å². The van der Waals surface area contributed by atoms with Crippen LogP contribution in [0.15, 0.2) is 60.0 Å². The Bertz CT molecular complexity index is 953. The van der Waals surface area contributed by atoms with Crippen molar-refractivity contribution in [1.82, 2.24) is 20.1 Å². The van der Waals surface area contributed by atoms with Gasteiger partial charge in [-0.1, -0.05) is 54.2 Å². The molecule has 27 heavy (non-hydrogen) atoms. The second-order valence-corrected chi connectivity index (χ2v) is 7.71. The van der Waals surface area contributed by atoms with Crippen molar-refractivity contribution in [2.75, 3.05) is 5.75 Å². The average molecular weight is 379 g/mol. The number of thioether (sulfide) groups is 1. The number of rotatable bonds is 5. The molecule has 1 heterocycles. The molecule has 1 N–H and O–H groups in total. The second-order valence-electron chi connectivity index (χ2n) is 6.77. The lowest BCUT2D eigenvalue weighted by Crippen LogP contribution is -2.32. The standard InChI is InChI=1S/C21H22N4OS/c1-15-7-2-5-12-19(15)25-14-22-24-21(25)27-13-20(26)23-18-11-6-9-16-8-3-4-10-17(16)18/h2-5,7-8,10,12,14,18H,6,9,11,13H2,1H3,(H,23,26)/t18-/m1/s1. The minimum atomic E-state index is 0.0287. The summed E-state index contributed by atoms with van der Waals surface area (Å²) in [4.78, 5) is 12.5. The van der Waals surface area contributed by atoms with E-state index in [2.05, 4.69) is 46.7 Å². The van der Waals surface area contributed by atoms with Gasteiger partial charge in [0.05, 0.1) is 17.5 Å². The van der Waals surface area contributed by atoms with Crippen molar-refractivity contribution in [2.24, 2.45) is 0 Å². The number of nitrogens with one attached hydrogen (secondary N) is 1. The fourth-order valence-corrected chi connectivity index (χ4v) is 4.32. The van der Waals surface area contributed by atoms with Crippen LogP contribution in [0.1, 0.15) is 35.6 Å². The number of aromatic nitrogens is 3. The topological polar surface area (TPSA) is 59.8 Å². The van der Waals surface area contributed by atoms with Gasteiger partial charge in [-0.15, -0.1) is 10.2 Å². The molecule has 3 aromatic rings. The Balaban J connectivity index is 1.42. The van der Waals surface area contributed by atoms with Crippen LogP contribution in [0.2, 0.25) is 0 Å². The summed E-state index contributed by atoms with van der Waals surface area (Å²) in [6.45, 7) is 2.05. The van der Waals surface area contributed by atoms with E-state index in [-0.39, 0.29) is 11.9 Å². The fourth-order valence-electron chi connectivity index (χ4n) is 3.59. The quantitative estimate of drug-likeness (QED) is 0.685. The van der Waals surface area contributed by atoms with E-state index in [0.717, 1.165) is 35.7 Å². The van der Waals surface area contributed by atoms with Crippen LogP contribution in [0.25, 0.3) is 5.69 Å². The molecular weight excluding hydrogens is 356 g/mol. The third-order valence-corrected chi connectivity index (χ3v) is 5.87. The van der Waals surface area contributed by atoms with E-state index in [9.17, 15) is 4.79 Å². The summed E-state index contributed by atoms with van der Waals surface area (Å²) in [5.41, 5.74) is 4.78. The van der Waals surface area contributed by atoms with Crippen LogP contribution in [0.5, 0.6) is 0 Å². The highest BCUT2D eigenvalue weighted by Crippen LogP contribution is 2.29. The first-order chi connectivity index (χ1) is 13.2. The van der Waals surface area contributed by atoms with E-state index in [1.807, 2.05) is 28.8 Å². The average Bonchev–Trinajstić information content (AvgIpc) is 3.15. The van der Waals surface area contributed by atoms with Gasteiger partial charge in [0.1, 0.15) is 6.33 Å². The van der Waals surface area contributed by atoms with E-state index >= 15 is 0 Å². The fraction of sp³-hybridized carbons (Fsp3) is 0.286. The largest absolute Gasteiger partial charge is 0.349 e. The summed E-state index contributed by atoms with van der Waals surface area (Å²) in [5.74, 6) is 0.351. The highest BCUT2D eigenvalue weighted by Gasteiger charge is 2.21. The maximum Gasteiger partial charge on any atom is 0.230 e. The Morgan fingerprint density at radius 2 is 2.04 bits per heavy atom. The van der Waals surface area contributed by atoms with Gasteiger partial charge in [-0.3, -0.25) is 9.36 Å². The molecule has 0 radical (unpaired) electrons. The van der Waals surface area contributed by atoms with Crippen molar-refractivity contribution < 1.29 is 4.79 Å². The summed E-state index contributed by atoms with van der Waals surface area (Å²) in [6, 6.07) is 16.6. The lowest BCUT2D eigenvalue weighted by molar-refractivity contribution is -0.119. The number of benzene rings is 2. The van der Waals surface area contributed by atoms with Gasteiger partial charge in [-0.25, -0.2) is 0 Å². The molecule has 0 bridgehead atoms. The van der Waals surface area contributed by atoms with Gasteiger partial charge in [0.25, 0.3) is 0 Å². The van der Waals surface area contributed by atoms with Crippen LogP contribution in [0, 0.1) is 6.92 Å². The monoisotopic (exact) mass is 378 g/mol. The number of fused-ring (bicyclic) bond motifs is 1. The van der Waals surface area contributed by atoms with Crippen molar-refractivity contribution in [2.45, 2.75) is 37.4 Å². The minimum Gasteiger partial charge on any atom is -0.349 e. The number of aryl methyl sites for hydroxylation is 2. The number of hydrogen-bond acceptors (Lipinski definition) is 4. The molecule has 138 valence electrons. The third-order valence-electron chi connectivity index (χ3n) is 4.93. The van der Waals surface area contributed by atoms with Gasteiger partial charge >= 0.3 is 0 Å². The number of amides is 1. The first kappa shape index (κ1) is 17.8. The molecule has 1 aromatic heterocycles. The molecule has 5 nitrogen and oxygen atoms in total. The van der Waals surface area contributed by atoms with Crippen LogP contribution < -0.4 is 5.32 Å². The maximum atomic E-state index is 12.5. The number of carbonyl (C=O) groups is 1. The van der Waals surface area contributed by atoms with Crippen molar-refractivity contribution in [3.63, 3.8) is 0 Å². The molecule has 1 atom stereocenters. The van der Waals surface area contributed by atoms with Crippen molar-refractivity contribution >= 4 is 17.7 Å². The van der Waals surface area contributed by atoms with Crippen molar-refractivity contribution in [3.05, 3.63) is 71.5 Å². The van der Waals surface area contributed by atoms with Gasteiger partial charge in [-0.05, 0) is 48.9 Å². The molecule has 1 amide bonds. The summed E-state index contributed by atoms with van der Waals surface area (Å²) >= 11 is 1.41. The Hall–Kier alpha value is -2.60. The summed E-state index contributed by atoms with van der Waals surface area (Å²) in [6.07, 6.45) is 4.89. The second kappa shape index (κ2) is 7.96. The normalized spacial score (nSPS) is 16.0. The van der Waals surface area contributed by atoms with Crippen LogP contribution in [-0.4, -0.2) is 26.4 Å². The highest BCUT2D eigenvalue weighted by atomic mass is 32.2. The van der Waals surface area contributed by atoms with Crippen LogP contribution >= 0.6 is 11.8 Å².